The summed E-state index contributed by atoms with van der Waals surface area (Å²) in [6.45, 7) is 3.98. The molecule has 9 heteroatoms. The van der Waals surface area contributed by atoms with Gasteiger partial charge >= 0.3 is 0 Å². The molecule has 0 aliphatic rings. The van der Waals surface area contributed by atoms with Crippen molar-refractivity contribution >= 4 is 39.1 Å². The van der Waals surface area contributed by atoms with E-state index in [1.54, 1.807) is 11.6 Å². The fourth-order valence-corrected chi connectivity index (χ4v) is 4.56. The van der Waals surface area contributed by atoms with Gasteiger partial charge in [0.15, 0.2) is 5.58 Å². The van der Waals surface area contributed by atoms with Crippen LogP contribution in [0.5, 0.6) is 5.75 Å². The largest absolute Gasteiger partial charge is 0.496 e. The highest BCUT2D eigenvalue weighted by molar-refractivity contribution is 7.15. The van der Waals surface area contributed by atoms with Crippen LogP contribution in [0.25, 0.3) is 27.2 Å². The number of aromatic nitrogens is 4. The van der Waals surface area contributed by atoms with E-state index >= 15 is 0 Å². The molecule has 1 N–H and O–H groups in total. The number of thiazole rings is 1. The van der Waals surface area contributed by atoms with Crippen LogP contribution in [0.1, 0.15) is 16.8 Å². The molecule has 31 heavy (non-hydrogen) atoms. The minimum atomic E-state index is -0.257. The van der Waals surface area contributed by atoms with E-state index in [4.69, 9.17) is 9.26 Å². The Labute approximate surface area is 181 Å². The van der Waals surface area contributed by atoms with Crippen LogP contribution in [0, 0.1) is 13.8 Å². The monoisotopic (exact) mass is 433 g/mol. The molecule has 2 aromatic carbocycles. The first kappa shape index (κ1) is 19.3. The van der Waals surface area contributed by atoms with Crippen LogP contribution >= 0.6 is 11.3 Å². The zero-order valence-corrected chi connectivity index (χ0v) is 18.0. The summed E-state index contributed by atoms with van der Waals surface area (Å²) in [7, 11) is 1.63. The van der Waals surface area contributed by atoms with E-state index in [0.29, 0.717) is 16.2 Å². The molecule has 5 aromatic rings. The molecule has 3 heterocycles. The first-order valence-corrected chi connectivity index (χ1v) is 10.5. The van der Waals surface area contributed by atoms with Crippen molar-refractivity contribution in [2.45, 2.75) is 20.3 Å². The molecule has 1 amide bonds. The van der Waals surface area contributed by atoms with Crippen LogP contribution in [0.2, 0.25) is 0 Å². The normalized spacial score (nSPS) is 11.3. The number of amides is 1. The maximum absolute atomic E-state index is 12.7. The topological polar surface area (TPSA) is 94.5 Å². The van der Waals surface area contributed by atoms with Gasteiger partial charge in [0.25, 0.3) is 0 Å². The number of methoxy groups -OCH3 is 1. The van der Waals surface area contributed by atoms with Gasteiger partial charge in [-0.05, 0) is 43.2 Å². The third-order valence-electron chi connectivity index (χ3n) is 5.03. The zero-order valence-electron chi connectivity index (χ0n) is 17.2. The summed E-state index contributed by atoms with van der Waals surface area (Å²) < 4.78 is 12.6. The number of benzene rings is 2. The van der Waals surface area contributed by atoms with Crippen molar-refractivity contribution in [3.8, 4) is 17.0 Å². The molecule has 0 saturated heterocycles. The van der Waals surface area contributed by atoms with Crippen LogP contribution in [0.15, 0.2) is 46.3 Å². The van der Waals surface area contributed by atoms with Gasteiger partial charge < -0.3 is 9.26 Å². The molecule has 0 unspecified atom stereocenters. The molecule has 3 aromatic heterocycles. The molecule has 0 radical (unpaired) electrons. The Morgan fingerprint density at radius 3 is 2.94 bits per heavy atom. The fourth-order valence-electron chi connectivity index (χ4n) is 3.74. The van der Waals surface area contributed by atoms with E-state index in [1.165, 1.54) is 11.3 Å². The number of nitrogens with one attached hydrogen (secondary N) is 1. The van der Waals surface area contributed by atoms with Gasteiger partial charge in [0.05, 0.1) is 19.2 Å². The van der Waals surface area contributed by atoms with Gasteiger partial charge in [-0.1, -0.05) is 23.4 Å². The fraction of sp³-hybridized carbons (Fsp3) is 0.182. The minimum absolute atomic E-state index is 0.0725. The second kappa shape index (κ2) is 7.51. The third-order valence-corrected chi connectivity index (χ3v) is 5.85. The number of carbonyl (C=O) groups excluding carboxylic acids is 1. The summed E-state index contributed by atoms with van der Waals surface area (Å²) in [6.07, 6.45) is 0.0725. The average Bonchev–Trinajstić information content (AvgIpc) is 3.42. The lowest BCUT2D eigenvalue weighted by atomic mass is 10.0. The molecule has 0 saturated carbocycles. The third kappa shape index (κ3) is 3.42. The Hall–Kier alpha value is -3.72. The van der Waals surface area contributed by atoms with Crippen molar-refractivity contribution in [1.82, 2.24) is 19.8 Å². The Balaban J connectivity index is 1.40. The number of nitrogens with zero attached hydrogens (tertiary/aromatic N) is 4. The zero-order chi connectivity index (χ0) is 21.5. The van der Waals surface area contributed by atoms with Crippen LogP contribution < -0.4 is 10.1 Å². The lowest BCUT2D eigenvalue weighted by molar-refractivity contribution is -0.115. The number of carbonyl (C=O) groups is 1. The van der Waals surface area contributed by atoms with Crippen LogP contribution in [-0.2, 0) is 11.2 Å². The van der Waals surface area contributed by atoms with E-state index < -0.39 is 0 Å². The van der Waals surface area contributed by atoms with Gasteiger partial charge in [-0.3, -0.25) is 10.1 Å². The van der Waals surface area contributed by atoms with Gasteiger partial charge in [0.1, 0.15) is 11.4 Å². The van der Waals surface area contributed by atoms with Gasteiger partial charge in [-0.25, -0.2) is 4.52 Å². The Morgan fingerprint density at radius 2 is 2.10 bits per heavy atom. The Kier molecular flexibility index (Phi) is 4.67. The smallest absolute Gasteiger partial charge is 0.250 e. The second-order valence-electron chi connectivity index (χ2n) is 7.26. The van der Waals surface area contributed by atoms with Crippen molar-refractivity contribution in [1.29, 1.82) is 0 Å². The standard InChI is InChI=1S/C22H19N5O3S/c1-12-8-13(2)20-15(26-30-18(20)9-12)10-19(28)23-21-24-22-27(25-21)16(11-31-22)14-6-4-5-7-17(14)29-3/h4-9,11H,10H2,1-3H3,(H,23,25,28). The van der Waals surface area contributed by atoms with Crippen molar-refractivity contribution < 1.29 is 14.1 Å². The van der Waals surface area contributed by atoms with Gasteiger partial charge in [-0.2, -0.15) is 4.98 Å². The average molecular weight is 433 g/mol. The van der Waals surface area contributed by atoms with Gasteiger partial charge in [-0.15, -0.1) is 16.4 Å². The van der Waals surface area contributed by atoms with Crippen molar-refractivity contribution in [3.05, 3.63) is 58.6 Å². The predicted molar refractivity (Wildman–Crippen MR) is 119 cm³/mol. The van der Waals surface area contributed by atoms with Crippen LogP contribution in [-0.4, -0.2) is 32.8 Å². The van der Waals surface area contributed by atoms with E-state index in [1.807, 2.05) is 55.6 Å². The lowest BCUT2D eigenvalue weighted by Gasteiger charge is -2.06. The van der Waals surface area contributed by atoms with Crippen molar-refractivity contribution in [2.75, 3.05) is 12.4 Å². The molecule has 8 nitrogen and oxygen atoms in total. The highest BCUT2D eigenvalue weighted by atomic mass is 32.1. The number of rotatable bonds is 5. The van der Waals surface area contributed by atoms with Gasteiger partial charge in [0, 0.05) is 16.3 Å². The molecule has 0 fully saturated rings. The molecular weight excluding hydrogens is 414 g/mol. The number of hydrogen-bond donors (Lipinski definition) is 1. The number of fused-ring (bicyclic) bond motifs is 2. The second-order valence-corrected chi connectivity index (χ2v) is 8.10. The molecule has 156 valence electrons. The summed E-state index contributed by atoms with van der Waals surface area (Å²) in [5.74, 6) is 0.729. The Bertz CT molecular complexity index is 1430. The van der Waals surface area contributed by atoms with Crippen LogP contribution in [0.3, 0.4) is 0 Å². The lowest BCUT2D eigenvalue weighted by Crippen LogP contribution is -2.16. The predicted octanol–water partition coefficient (Wildman–Crippen LogP) is 4.41. The summed E-state index contributed by atoms with van der Waals surface area (Å²) in [5, 5.41) is 14.2. The van der Waals surface area contributed by atoms with Crippen molar-refractivity contribution in [3.63, 3.8) is 0 Å². The quantitative estimate of drug-likeness (QED) is 0.441. The number of ether oxygens (including phenoxy) is 1. The van der Waals surface area contributed by atoms with E-state index in [2.05, 4.69) is 20.6 Å². The highest BCUT2D eigenvalue weighted by Gasteiger charge is 2.18. The first-order valence-electron chi connectivity index (χ1n) is 9.66. The van der Waals surface area contributed by atoms with E-state index in [0.717, 1.165) is 33.5 Å². The summed E-state index contributed by atoms with van der Waals surface area (Å²) in [6, 6.07) is 11.7. The van der Waals surface area contributed by atoms with Crippen molar-refractivity contribution in [2.24, 2.45) is 0 Å². The minimum Gasteiger partial charge on any atom is -0.496 e. The number of anilines is 1. The Morgan fingerprint density at radius 1 is 1.26 bits per heavy atom. The molecular formula is C22H19N5O3S. The number of aryl methyl sites for hydroxylation is 2. The maximum Gasteiger partial charge on any atom is 0.250 e. The SMILES string of the molecule is COc1ccccc1-c1csc2nc(NC(=O)Cc3noc4cc(C)cc(C)c34)nn12. The number of hydrogen-bond acceptors (Lipinski definition) is 7. The maximum atomic E-state index is 12.7. The first-order chi connectivity index (χ1) is 15.0. The molecule has 0 spiro atoms. The highest BCUT2D eigenvalue weighted by Crippen LogP contribution is 2.32. The molecule has 0 aliphatic heterocycles. The number of para-hydroxylation sites is 1. The molecule has 5 rings (SSSR count). The summed E-state index contributed by atoms with van der Waals surface area (Å²) in [4.78, 5) is 17.8. The van der Waals surface area contributed by atoms with E-state index in [-0.39, 0.29) is 18.3 Å². The van der Waals surface area contributed by atoms with Crippen LogP contribution in [0.4, 0.5) is 5.95 Å². The van der Waals surface area contributed by atoms with Gasteiger partial charge in [0.2, 0.25) is 16.8 Å². The molecule has 0 bridgehead atoms. The van der Waals surface area contributed by atoms with E-state index in [9.17, 15) is 4.79 Å². The summed E-state index contributed by atoms with van der Waals surface area (Å²) in [5.41, 5.74) is 5.15. The molecule has 0 aliphatic carbocycles. The summed E-state index contributed by atoms with van der Waals surface area (Å²) >= 11 is 1.44. The molecule has 0 atom stereocenters.